The average molecular weight is 419 g/mol. The standard InChI is InChI=1S/C23H26N6O2/c1-15(30)26-20(23(24)31)12-6-7-13-29-22-18-10-4-5-11-19(18)25-14-16-8-2-3-9-17(16)21(22)27-28-29/h2-5,8-11,20,25H,6-7,12-14H2,1H3,(H2,24,31)(H,26,30). The molecule has 0 saturated heterocycles. The topological polar surface area (TPSA) is 115 Å². The smallest absolute Gasteiger partial charge is 0.239 e. The van der Waals surface area contributed by atoms with Gasteiger partial charge in [-0.05, 0) is 30.9 Å². The van der Waals surface area contributed by atoms with Crippen molar-refractivity contribution in [3.63, 3.8) is 0 Å². The molecule has 160 valence electrons. The second-order valence-electron chi connectivity index (χ2n) is 7.72. The highest BCUT2D eigenvalue weighted by Crippen LogP contribution is 2.38. The number of nitrogens with zero attached hydrogens (tertiary/aromatic N) is 3. The molecular formula is C23H26N6O2. The maximum absolute atomic E-state index is 11.5. The highest BCUT2D eigenvalue weighted by atomic mass is 16.2. The maximum Gasteiger partial charge on any atom is 0.239 e. The number of nitrogens with one attached hydrogen (secondary N) is 2. The fraction of sp³-hybridized carbons (Fsp3) is 0.304. The van der Waals surface area contributed by atoms with Crippen LogP contribution in [0.1, 0.15) is 31.7 Å². The zero-order valence-corrected chi connectivity index (χ0v) is 17.5. The van der Waals surface area contributed by atoms with E-state index in [9.17, 15) is 9.59 Å². The van der Waals surface area contributed by atoms with E-state index in [1.165, 1.54) is 12.5 Å². The summed E-state index contributed by atoms with van der Waals surface area (Å²) >= 11 is 0. The van der Waals surface area contributed by atoms with Crippen LogP contribution < -0.4 is 16.4 Å². The van der Waals surface area contributed by atoms with Gasteiger partial charge in [-0.3, -0.25) is 9.59 Å². The Balaban J connectivity index is 1.58. The molecule has 8 nitrogen and oxygen atoms in total. The van der Waals surface area contributed by atoms with E-state index in [1.807, 2.05) is 28.9 Å². The van der Waals surface area contributed by atoms with E-state index >= 15 is 0 Å². The molecule has 1 atom stereocenters. The van der Waals surface area contributed by atoms with Gasteiger partial charge in [-0.2, -0.15) is 0 Å². The molecule has 0 radical (unpaired) electrons. The summed E-state index contributed by atoms with van der Waals surface area (Å²) in [5, 5.41) is 15.1. The SMILES string of the molecule is CC(=O)NC(CCCCn1nnc2c1-c1ccccc1NCc1ccccc1-2)C(N)=O. The number of carbonyl (C=O) groups is 2. The quantitative estimate of drug-likeness (QED) is 0.510. The molecule has 0 saturated carbocycles. The summed E-state index contributed by atoms with van der Waals surface area (Å²) in [6, 6.07) is 15.7. The van der Waals surface area contributed by atoms with Gasteiger partial charge < -0.3 is 16.4 Å². The van der Waals surface area contributed by atoms with Crippen LogP contribution in [0.2, 0.25) is 0 Å². The largest absolute Gasteiger partial charge is 0.380 e. The molecule has 0 bridgehead atoms. The molecule has 1 aliphatic heterocycles. The second kappa shape index (κ2) is 8.99. The summed E-state index contributed by atoms with van der Waals surface area (Å²) in [5.74, 6) is -0.776. The van der Waals surface area contributed by atoms with Crippen LogP contribution in [0.4, 0.5) is 5.69 Å². The van der Waals surface area contributed by atoms with Crippen molar-refractivity contribution in [2.45, 2.75) is 45.3 Å². The average Bonchev–Trinajstić information content (AvgIpc) is 3.16. The zero-order chi connectivity index (χ0) is 21.8. The van der Waals surface area contributed by atoms with E-state index in [0.29, 0.717) is 13.0 Å². The van der Waals surface area contributed by atoms with Gasteiger partial charge >= 0.3 is 0 Å². The van der Waals surface area contributed by atoms with E-state index in [1.54, 1.807) is 0 Å². The van der Waals surface area contributed by atoms with Crippen LogP contribution in [0.5, 0.6) is 0 Å². The lowest BCUT2D eigenvalue weighted by atomic mass is 9.97. The van der Waals surface area contributed by atoms with Crippen molar-refractivity contribution in [2.75, 3.05) is 5.32 Å². The number of benzene rings is 2. The van der Waals surface area contributed by atoms with E-state index in [-0.39, 0.29) is 5.91 Å². The molecule has 4 rings (SSSR count). The van der Waals surface area contributed by atoms with Gasteiger partial charge in [0.15, 0.2) is 0 Å². The van der Waals surface area contributed by atoms with Crippen LogP contribution >= 0.6 is 0 Å². The Bertz CT molecular complexity index is 1110. The zero-order valence-electron chi connectivity index (χ0n) is 17.5. The number of hydrogen-bond acceptors (Lipinski definition) is 5. The number of hydrogen-bond donors (Lipinski definition) is 3. The highest BCUT2D eigenvalue weighted by Gasteiger charge is 2.23. The Kier molecular flexibility index (Phi) is 5.97. The highest BCUT2D eigenvalue weighted by molar-refractivity contribution is 5.87. The van der Waals surface area contributed by atoms with Crippen LogP contribution in [-0.2, 0) is 22.7 Å². The predicted molar refractivity (Wildman–Crippen MR) is 119 cm³/mol. The number of rotatable bonds is 7. The summed E-state index contributed by atoms with van der Waals surface area (Å²) in [7, 11) is 0. The van der Waals surface area contributed by atoms with E-state index in [4.69, 9.17) is 5.73 Å². The molecule has 2 amide bonds. The van der Waals surface area contributed by atoms with E-state index in [2.05, 4.69) is 45.2 Å². The number of amides is 2. The minimum atomic E-state index is -0.648. The molecular weight excluding hydrogens is 392 g/mol. The minimum Gasteiger partial charge on any atom is -0.380 e. The summed E-state index contributed by atoms with van der Waals surface area (Å²) in [5.41, 5.74) is 11.6. The molecule has 1 aliphatic rings. The maximum atomic E-state index is 11.5. The molecule has 1 unspecified atom stereocenters. The molecule has 31 heavy (non-hydrogen) atoms. The third-order valence-corrected chi connectivity index (χ3v) is 5.49. The summed E-state index contributed by atoms with van der Waals surface area (Å²) in [6.07, 6.45) is 1.99. The molecule has 8 heteroatoms. The first-order valence-corrected chi connectivity index (χ1v) is 10.5. The molecule has 0 fully saturated rings. The lowest BCUT2D eigenvalue weighted by Crippen LogP contribution is -2.43. The summed E-state index contributed by atoms with van der Waals surface area (Å²) < 4.78 is 1.93. The first-order valence-electron chi connectivity index (χ1n) is 10.5. The van der Waals surface area contributed by atoms with Crippen LogP contribution in [0.3, 0.4) is 0 Å². The number of aromatic nitrogens is 3. The Morgan fingerprint density at radius 2 is 1.87 bits per heavy atom. The third-order valence-electron chi connectivity index (χ3n) is 5.49. The monoisotopic (exact) mass is 418 g/mol. The Morgan fingerprint density at radius 3 is 2.65 bits per heavy atom. The number of nitrogens with two attached hydrogens (primary N) is 1. The number of primary amides is 1. The van der Waals surface area contributed by atoms with Gasteiger partial charge in [0.1, 0.15) is 11.7 Å². The van der Waals surface area contributed by atoms with Crippen molar-refractivity contribution in [1.82, 2.24) is 20.3 Å². The number of unbranched alkanes of at least 4 members (excludes halogenated alkanes) is 1. The van der Waals surface area contributed by atoms with Gasteiger partial charge in [-0.1, -0.05) is 47.7 Å². The van der Waals surface area contributed by atoms with Gasteiger partial charge in [0.2, 0.25) is 11.8 Å². The van der Waals surface area contributed by atoms with Crippen LogP contribution in [-0.4, -0.2) is 32.9 Å². The number of aryl methyl sites for hydroxylation is 1. The van der Waals surface area contributed by atoms with Crippen molar-refractivity contribution in [2.24, 2.45) is 5.73 Å². The summed E-state index contributed by atoms with van der Waals surface area (Å²) in [6.45, 7) is 2.74. The number of carbonyl (C=O) groups excluding carboxylic acids is 2. The third kappa shape index (κ3) is 4.42. The van der Waals surface area contributed by atoms with Crippen molar-refractivity contribution in [1.29, 1.82) is 0 Å². The van der Waals surface area contributed by atoms with Gasteiger partial charge in [-0.25, -0.2) is 4.68 Å². The van der Waals surface area contributed by atoms with E-state index in [0.717, 1.165) is 47.6 Å². The Hall–Kier alpha value is -3.68. The molecule has 4 N–H and O–H groups in total. The molecule has 1 aromatic heterocycles. The van der Waals surface area contributed by atoms with Gasteiger partial charge in [-0.15, -0.1) is 5.10 Å². The van der Waals surface area contributed by atoms with Crippen molar-refractivity contribution >= 4 is 17.5 Å². The van der Waals surface area contributed by atoms with E-state index < -0.39 is 11.9 Å². The minimum absolute atomic E-state index is 0.260. The molecule has 0 aliphatic carbocycles. The van der Waals surface area contributed by atoms with Crippen molar-refractivity contribution in [3.05, 3.63) is 54.1 Å². The van der Waals surface area contributed by atoms with Crippen LogP contribution in [0.15, 0.2) is 48.5 Å². The Morgan fingerprint density at radius 1 is 1.13 bits per heavy atom. The van der Waals surface area contributed by atoms with Crippen LogP contribution in [0, 0.1) is 0 Å². The number of fused-ring (bicyclic) bond motifs is 5. The van der Waals surface area contributed by atoms with Gasteiger partial charge in [0.25, 0.3) is 0 Å². The first-order chi connectivity index (χ1) is 15.0. The van der Waals surface area contributed by atoms with Gasteiger partial charge in [0.05, 0.1) is 5.69 Å². The Labute approximate surface area is 180 Å². The second-order valence-corrected chi connectivity index (χ2v) is 7.72. The lowest BCUT2D eigenvalue weighted by Gasteiger charge is -2.19. The van der Waals surface area contributed by atoms with Crippen molar-refractivity contribution in [3.8, 4) is 22.5 Å². The summed E-state index contributed by atoms with van der Waals surface area (Å²) in [4.78, 5) is 22.8. The van der Waals surface area contributed by atoms with Gasteiger partial charge in [0, 0.05) is 36.8 Å². The predicted octanol–water partition coefficient (Wildman–Crippen LogP) is 2.70. The molecule has 0 spiro atoms. The molecule has 2 heterocycles. The normalized spacial score (nSPS) is 12.9. The number of para-hydroxylation sites is 1. The lowest BCUT2D eigenvalue weighted by molar-refractivity contribution is -0.126. The first kappa shape index (κ1) is 20.6. The van der Waals surface area contributed by atoms with Crippen LogP contribution in [0.25, 0.3) is 22.5 Å². The number of anilines is 1. The molecule has 2 aromatic carbocycles. The fourth-order valence-electron chi connectivity index (χ4n) is 4.00. The fourth-order valence-corrected chi connectivity index (χ4v) is 4.00. The molecule has 3 aromatic rings. The van der Waals surface area contributed by atoms with Crippen molar-refractivity contribution < 1.29 is 9.59 Å².